The van der Waals surface area contributed by atoms with Gasteiger partial charge >= 0.3 is 0 Å². The number of benzene rings is 1. The fourth-order valence-electron chi connectivity index (χ4n) is 1.29. The van der Waals surface area contributed by atoms with E-state index in [4.69, 9.17) is 0 Å². The average molecular weight is 179 g/mol. The molecule has 1 heterocycles. The summed E-state index contributed by atoms with van der Waals surface area (Å²) in [4.78, 5) is 11.7. The van der Waals surface area contributed by atoms with Crippen molar-refractivity contribution in [3.05, 3.63) is 23.8 Å². The van der Waals surface area contributed by atoms with Gasteiger partial charge in [0.1, 0.15) is 5.37 Å². The third-order valence-electron chi connectivity index (χ3n) is 1.90. The van der Waals surface area contributed by atoms with Crippen LogP contribution in [0.15, 0.2) is 23.1 Å². The zero-order valence-corrected chi connectivity index (χ0v) is 7.52. The summed E-state index contributed by atoms with van der Waals surface area (Å²) in [5.41, 5.74) is 2.31. The third-order valence-corrected chi connectivity index (χ3v) is 2.98. The minimum atomic E-state index is -0.0962. The maximum absolute atomic E-state index is 10.5. The van der Waals surface area contributed by atoms with Crippen LogP contribution in [0, 0.1) is 6.92 Å². The van der Waals surface area contributed by atoms with Gasteiger partial charge in [0.05, 0.1) is 5.69 Å². The quantitative estimate of drug-likeness (QED) is 0.669. The monoisotopic (exact) mass is 179 g/mol. The van der Waals surface area contributed by atoms with Crippen molar-refractivity contribution in [2.75, 3.05) is 5.32 Å². The number of nitrogens with one attached hydrogen (secondary N) is 1. The van der Waals surface area contributed by atoms with Crippen LogP contribution in [-0.4, -0.2) is 11.7 Å². The van der Waals surface area contributed by atoms with Gasteiger partial charge in [0, 0.05) is 4.90 Å². The van der Waals surface area contributed by atoms with E-state index in [9.17, 15) is 4.79 Å². The van der Waals surface area contributed by atoms with Crippen molar-refractivity contribution >= 4 is 23.7 Å². The molecule has 12 heavy (non-hydrogen) atoms. The van der Waals surface area contributed by atoms with Crippen molar-refractivity contribution in [3.63, 3.8) is 0 Å². The normalized spacial score (nSPS) is 19.9. The molecule has 2 nitrogen and oxygen atoms in total. The first-order valence-corrected chi connectivity index (χ1v) is 4.67. The highest BCUT2D eigenvalue weighted by atomic mass is 32.2. The smallest absolute Gasteiger partial charge is 0.152 e. The molecule has 0 radical (unpaired) electrons. The number of thioether (sulfide) groups is 1. The molecule has 62 valence electrons. The van der Waals surface area contributed by atoms with Crippen LogP contribution in [0.1, 0.15) is 5.56 Å². The van der Waals surface area contributed by atoms with Gasteiger partial charge < -0.3 is 10.1 Å². The summed E-state index contributed by atoms with van der Waals surface area (Å²) in [6, 6.07) is 6.08. The summed E-state index contributed by atoms with van der Waals surface area (Å²) >= 11 is 1.57. The van der Waals surface area contributed by atoms with Gasteiger partial charge in [-0.25, -0.2) is 0 Å². The first-order chi connectivity index (χ1) is 5.81. The molecule has 0 aromatic heterocycles. The van der Waals surface area contributed by atoms with Crippen LogP contribution >= 0.6 is 11.8 Å². The van der Waals surface area contributed by atoms with E-state index in [1.165, 1.54) is 10.5 Å². The number of fused-ring (bicyclic) bond motifs is 1. The van der Waals surface area contributed by atoms with E-state index in [0.29, 0.717) is 0 Å². The second kappa shape index (κ2) is 2.83. The van der Waals surface area contributed by atoms with E-state index in [2.05, 4.69) is 5.32 Å². The fraction of sp³-hybridized carbons (Fsp3) is 0.222. The summed E-state index contributed by atoms with van der Waals surface area (Å²) < 4.78 is 0. The van der Waals surface area contributed by atoms with Crippen LogP contribution in [0.2, 0.25) is 0 Å². The highest BCUT2D eigenvalue weighted by Crippen LogP contribution is 2.39. The lowest BCUT2D eigenvalue weighted by molar-refractivity contribution is -0.107. The molecular formula is C9H9NOS. The van der Waals surface area contributed by atoms with Gasteiger partial charge in [0.15, 0.2) is 6.29 Å². The number of hydrogen-bond donors (Lipinski definition) is 1. The number of para-hydroxylation sites is 1. The molecule has 3 heteroatoms. The van der Waals surface area contributed by atoms with Gasteiger partial charge in [-0.2, -0.15) is 0 Å². The van der Waals surface area contributed by atoms with Crippen molar-refractivity contribution < 1.29 is 4.79 Å². The van der Waals surface area contributed by atoms with Crippen molar-refractivity contribution in [3.8, 4) is 0 Å². The summed E-state index contributed by atoms with van der Waals surface area (Å²) in [7, 11) is 0. The number of carbonyl (C=O) groups is 1. The molecule has 1 aliphatic heterocycles. The number of aryl methyl sites for hydroxylation is 1. The molecule has 1 aliphatic rings. The topological polar surface area (TPSA) is 29.1 Å². The van der Waals surface area contributed by atoms with E-state index in [1.807, 2.05) is 25.1 Å². The van der Waals surface area contributed by atoms with Crippen LogP contribution in [0.5, 0.6) is 0 Å². The van der Waals surface area contributed by atoms with Gasteiger partial charge in [0.25, 0.3) is 0 Å². The number of anilines is 1. The van der Waals surface area contributed by atoms with Crippen molar-refractivity contribution in [2.45, 2.75) is 17.2 Å². The van der Waals surface area contributed by atoms with Crippen molar-refractivity contribution in [1.82, 2.24) is 0 Å². The lowest BCUT2D eigenvalue weighted by atomic mass is 10.2. The number of aldehydes is 1. The standard InChI is InChI=1S/C9H9NOS/c1-6-3-2-4-7-9(6)10-8(5-11)12-7/h2-5,8,10H,1H3. The second-order valence-electron chi connectivity index (χ2n) is 2.77. The molecule has 1 atom stereocenters. The first-order valence-electron chi connectivity index (χ1n) is 3.79. The second-order valence-corrected chi connectivity index (χ2v) is 3.95. The van der Waals surface area contributed by atoms with Gasteiger partial charge in [0.2, 0.25) is 0 Å². The Balaban J connectivity index is 2.41. The van der Waals surface area contributed by atoms with Crippen LogP contribution in [0.4, 0.5) is 5.69 Å². The fourth-order valence-corrected chi connectivity index (χ4v) is 2.30. The molecule has 1 N–H and O–H groups in total. The SMILES string of the molecule is Cc1cccc2c1NC(C=O)S2. The molecule has 0 amide bonds. The first kappa shape index (κ1) is 7.68. The zero-order valence-electron chi connectivity index (χ0n) is 6.70. The Kier molecular flexibility index (Phi) is 1.81. The molecule has 0 fully saturated rings. The number of rotatable bonds is 1. The van der Waals surface area contributed by atoms with E-state index >= 15 is 0 Å². The average Bonchev–Trinajstić information content (AvgIpc) is 2.49. The van der Waals surface area contributed by atoms with E-state index < -0.39 is 0 Å². The Hall–Kier alpha value is -0.960. The van der Waals surface area contributed by atoms with Crippen molar-refractivity contribution in [1.29, 1.82) is 0 Å². The summed E-state index contributed by atoms with van der Waals surface area (Å²) in [5, 5.41) is 3.05. The van der Waals surface area contributed by atoms with Crippen LogP contribution in [0.3, 0.4) is 0 Å². The third kappa shape index (κ3) is 1.10. The molecule has 0 saturated heterocycles. The molecule has 0 bridgehead atoms. The summed E-state index contributed by atoms with van der Waals surface area (Å²) in [5.74, 6) is 0. The molecule has 1 unspecified atom stereocenters. The van der Waals surface area contributed by atoms with Crippen LogP contribution < -0.4 is 5.32 Å². The number of carbonyl (C=O) groups excluding carboxylic acids is 1. The minimum Gasteiger partial charge on any atom is -0.366 e. The largest absolute Gasteiger partial charge is 0.366 e. The van der Waals surface area contributed by atoms with Crippen LogP contribution in [0.25, 0.3) is 0 Å². The van der Waals surface area contributed by atoms with Gasteiger partial charge in [-0.3, -0.25) is 0 Å². The Labute approximate surface area is 75.4 Å². The zero-order chi connectivity index (χ0) is 8.55. The lowest BCUT2D eigenvalue weighted by Gasteiger charge is -2.02. The van der Waals surface area contributed by atoms with Gasteiger partial charge in [-0.15, -0.1) is 0 Å². The molecule has 0 saturated carbocycles. The highest BCUT2D eigenvalue weighted by Gasteiger charge is 2.21. The van der Waals surface area contributed by atoms with E-state index in [0.717, 1.165) is 12.0 Å². The Morgan fingerprint density at radius 2 is 2.42 bits per heavy atom. The van der Waals surface area contributed by atoms with Gasteiger partial charge in [-0.1, -0.05) is 23.9 Å². The Morgan fingerprint density at radius 1 is 1.58 bits per heavy atom. The molecule has 0 spiro atoms. The molecule has 1 aromatic rings. The molecule has 0 aliphatic carbocycles. The lowest BCUT2D eigenvalue weighted by Crippen LogP contribution is -2.10. The Bertz CT molecular complexity index is 324. The highest BCUT2D eigenvalue weighted by molar-refractivity contribution is 8.01. The summed E-state index contributed by atoms with van der Waals surface area (Å²) in [6.07, 6.45) is 0.935. The maximum Gasteiger partial charge on any atom is 0.152 e. The van der Waals surface area contributed by atoms with Gasteiger partial charge in [-0.05, 0) is 18.6 Å². The molecule has 1 aromatic carbocycles. The predicted molar refractivity (Wildman–Crippen MR) is 50.5 cm³/mol. The van der Waals surface area contributed by atoms with Crippen molar-refractivity contribution in [2.24, 2.45) is 0 Å². The predicted octanol–water partition coefficient (Wildman–Crippen LogP) is 2.04. The molecular weight excluding hydrogens is 170 g/mol. The Morgan fingerprint density at radius 3 is 3.08 bits per heavy atom. The molecule has 2 rings (SSSR count). The minimum absolute atomic E-state index is 0.0962. The number of hydrogen-bond acceptors (Lipinski definition) is 3. The van der Waals surface area contributed by atoms with E-state index in [-0.39, 0.29) is 5.37 Å². The van der Waals surface area contributed by atoms with E-state index in [1.54, 1.807) is 11.8 Å². The maximum atomic E-state index is 10.5. The summed E-state index contributed by atoms with van der Waals surface area (Å²) in [6.45, 7) is 2.04. The van der Waals surface area contributed by atoms with Crippen LogP contribution in [-0.2, 0) is 4.79 Å².